The maximum Gasteiger partial charge on any atom is 0.123 e. The molecule has 5 heteroatoms. The van der Waals surface area contributed by atoms with E-state index in [0.717, 1.165) is 30.1 Å². The fourth-order valence-corrected chi connectivity index (χ4v) is 2.62. The van der Waals surface area contributed by atoms with Gasteiger partial charge in [0.15, 0.2) is 0 Å². The lowest BCUT2D eigenvalue weighted by Crippen LogP contribution is -2.22. The molecule has 0 aliphatic heterocycles. The molecule has 0 bridgehead atoms. The lowest BCUT2D eigenvalue weighted by atomic mass is 10.2. The van der Waals surface area contributed by atoms with E-state index in [1.807, 2.05) is 19.3 Å². The summed E-state index contributed by atoms with van der Waals surface area (Å²) in [7, 11) is 1.95. The predicted molar refractivity (Wildman–Crippen MR) is 79.5 cm³/mol. The number of benzene rings is 1. The summed E-state index contributed by atoms with van der Waals surface area (Å²) in [6, 6.07) is 8.42. The van der Waals surface area contributed by atoms with Crippen molar-refractivity contribution in [1.29, 1.82) is 0 Å². The van der Waals surface area contributed by atoms with Gasteiger partial charge in [-0.2, -0.15) is 0 Å². The first kappa shape index (κ1) is 12.9. The van der Waals surface area contributed by atoms with Crippen molar-refractivity contribution in [3.05, 3.63) is 48.3 Å². The van der Waals surface area contributed by atoms with Crippen molar-refractivity contribution in [3.8, 4) is 0 Å². The third-order valence-corrected chi connectivity index (χ3v) is 3.63. The van der Waals surface area contributed by atoms with Crippen LogP contribution in [0.3, 0.4) is 0 Å². The highest BCUT2D eigenvalue weighted by Gasteiger charge is 2.17. The Labute approximate surface area is 118 Å². The molecule has 0 amide bonds. The van der Waals surface area contributed by atoms with E-state index in [0.29, 0.717) is 0 Å². The molecule has 0 saturated heterocycles. The Bertz CT molecular complexity index is 683. The number of aryl methyl sites for hydroxylation is 1. The molecule has 0 aliphatic carbocycles. The Hall–Kier alpha value is -2.14. The SMILES string of the molecule is CCn1c(CC(NC)c2ncc[nH]2)nc2ccccc21. The third kappa shape index (κ3) is 2.20. The maximum absolute atomic E-state index is 4.76. The fourth-order valence-electron chi connectivity index (χ4n) is 2.62. The summed E-state index contributed by atoms with van der Waals surface area (Å²) in [5.74, 6) is 2.03. The second-order valence-electron chi connectivity index (χ2n) is 4.78. The summed E-state index contributed by atoms with van der Waals surface area (Å²) in [4.78, 5) is 12.3. The van der Waals surface area contributed by atoms with Crippen LogP contribution < -0.4 is 5.32 Å². The molecule has 104 valence electrons. The highest BCUT2D eigenvalue weighted by atomic mass is 15.1. The topological polar surface area (TPSA) is 58.5 Å². The molecule has 0 radical (unpaired) electrons. The normalized spacial score (nSPS) is 12.9. The molecule has 0 aliphatic rings. The number of H-pyrrole nitrogens is 1. The van der Waals surface area contributed by atoms with Crippen LogP contribution in [0.4, 0.5) is 0 Å². The highest BCUT2D eigenvalue weighted by molar-refractivity contribution is 5.75. The molecule has 1 unspecified atom stereocenters. The van der Waals surface area contributed by atoms with Crippen LogP contribution in [-0.2, 0) is 13.0 Å². The number of fused-ring (bicyclic) bond motifs is 1. The van der Waals surface area contributed by atoms with Crippen LogP contribution in [0, 0.1) is 0 Å². The van der Waals surface area contributed by atoms with Gasteiger partial charge >= 0.3 is 0 Å². The molecule has 1 atom stereocenters. The molecule has 3 aromatic rings. The van der Waals surface area contributed by atoms with E-state index in [-0.39, 0.29) is 6.04 Å². The van der Waals surface area contributed by atoms with Crippen molar-refractivity contribution in [2.45, 2.75) is 25.9 Å². The molecule has 2 heterocycles. The number of rotatable bonds is 5. The summed E-state index contributed by atoms with van der Waals surface area (Å²) in [5.41, 5.74) is 2.25. The van der Waals surface area contributed by atoms with E-state index in [4.69, 9.17) is 4.98 Å². The first-order valence-corrected chi connectivity index (χ1v) is 6.94. The van der Waals surface area contributed by atoms with Gasteiger partial charge in [-0.05, 0) is 26.1 Å². The number of hydrogen-bond acceptors (Lipinski definition) is 3. The van der Waals surface area contributed by atoms with E-state index >= 15 is 0 Å². The molecular formula is C15H19N5. The number of hydrogen-bond donors (Lipinski definition) is 2. The van der Waals surface area contributed by atoms with Crippen molar-refractivity contribution >= 4 is 11.0 Å². The fraction of sp³-hybridized carbons (Fsp3) is 0.333. The Morgan fingerprint density at radius 1 is 1.35 bits per heavy atom. The van der Waals surface area contributed by atoms with Crippen molar-refractivity contribution in [2.75, 3.05) is 7.05 Å². The quantitative estimate of drug-likeness (QED) is 0.747. The minimum atomic E-state index is 0.145. The number of nitrogens with one attached hydrogen (secondary N) is 2. The average Bonchev–Trinajstić information content (AvgIpc) is 3.11. The summed E-state index contributed by atoms with van der Waals surface area (Å²) >= 11 is 0. The van der Waals surface area contributed by atoms with E-state index < -0.39 is 0 Å². The van der Waals surface area contributed by atoms with Crippen LogP contribution in [0.5, 0.6) is 0 Å². The number of aromatic amines is 1. The van der Waals surface area contributed by atoms with Gasteiger partial charge in [-0.15, -0.1) is 0 Å². The summed E-state index contributed by atoms with van der Waals surface area (Å²) < 4.78 is 2.27. The van der Waals surface area contributed by atoms with Gasteiger partial charge in [-0.1, -0.05) is 12.1 Å². The zero-order valence-corrected chi connectivity index (χ0v) is 11.8. The number of nitrogens with zero attached hydrogens (tertiary/aromatic N) is 3. The van der Waals surface area contributed by atoms with Crippen LogP contribution in [0.1, 0.15) is 24.6 Å². The summed E-state index contributed by atoms with van der Waals surface area (Å²) in [6.45, 7) is 3.07. The van der Waals surface area contributed by atoms with Gasteiger partial charge in [-0.3, -0.25) is 0 Å². The number of likely N-dealkylation sites (N-methyl/N-ethyl adjacent to an activating group) is 1. The molecule has 0 spiro atoms. The lowest BCUT2D eigenvalue weighted by Gasteiger charge is -2.14. The first-order valence-electron chi connectivity index (χ1n) is 6.94. The lowest BCUT2D eigenvalue weighted by molar-refractivity contribution is 0.534. The summed E-state index contributed by atoms with van der Waals surface area (Å²) in [5, 5.41) is 3.30. The van der Waals surface area contributed by atoms with Crippen LogP contribution in [0.2, 0.25) is 0 Å². The molecule has 5 nitrogen and oxygen atoms in total. The van der Waals surface area contributed by atoms with Gasteiger partial charge < -0.3 is 14.9 Å². The minimum Gasteiger partial charge on any atom is -0.347 e. The second-order valence-corrected chi connectivity index (χ2v) is 4.78. The van der Waals surface area contributed by atoms with Crippen molar-refractivity contribution in [3.63, 3.8) is 0 Å². The first-order chi connectivity index (χ1) is 9.83. The van der Waals surface area contributed by atoms with Crippen molar-refractivity contribution < 1.29 is 0 Å². The zero-order valence-electron chi connectivity index (χ0n) is 11.8. The van der Waals surface area contributed by atoms with Gasteiger partial charge in [0, 0.05) is 25.4 Å². The number of imidazole rings is 2. The molecule has 20 heavy (non-hydrogen) atoms. The molecule has 2 N–H and O–H groups in total. The molecular weight excluding hydrogens is 250 g/mol. The molecule has 1 aromatic carbocycles. The van der Waals surface area contributed by atoms with Gasteiger partial charge in [0.1, 0.15) is 11.6 Å². The van der Waals surface area contributed by atoms with Crippen LogP contribution in [0.15, 0.2) is 36.7 Å². The average molecular weight is 269 g/mol. The van der Waals surface area contributed by atoms with E-state index in [1.54, 1.807) is 6.20 Å². The molecule has 0 fully saturated rings. The van der Waals surface area contributed by atoms with Crippen LogP contribution >= 0.6 is 0 Å². The van der Waals surface area contributed by atoms with E-state index in [1.165, 1.54) is 5.52 Å². The highest BCUT2D eigenvalue weighted by Crippen LogP contribution is 2.20. The van der Waals surface area contributed by atoms with Gasteiger partial charge in [-0.25, -0.2) is 9.97 Å². The molecule has 3 rings (SSSR count). The Morgan fingerprint density at radius 2 is 2.20 bits per heavy atom. The van der Waals surface area contributed by atoms with E-state index in [2.05, 4.69) is 45.0 Å². The van der Waals surface area contributed by atoms with Gasteiger partial charge in [0.25, 0.3) is 0 Å². The largest absolute Gasteiger partial charge is 0.347 e. The van der Waals surface area contributed by atoms with Crippen molar-refractivity contribution in [2.24, 2.45) is 0 Å². The number of aromatic nitrogens is 4. The van der Waals surface area contributed by atoms with E-state index in [9.17, 15) is 0 Å². The molecule has 0 saturated carbocycles. The maximum atomic E-state index is 4.76. The second kappa shape index (κ2) is 5.46. The number of para-hydroxylation sites is 2. The minimum absolute atomic E-state index is 0.145. The van der Waals surface area contributed by atoms with Gasteiger partial charge in [0.05, 0.1) is 17.1 Å². The Kier molecular flexibility index (Phi) is 3.52. The zero-order chi connectivity index (χ0) is 13.9. The Balaban J connectivity index is 1.97. The third-order valence-electron chi connectivity index (χ3n) is 3.63. The van der Waals surface area contributed by atoms with Crippen molar-refractivity contribution in [1.82, 2.24) is 24.8 Å². The Morgan fingerprint density at radius 3 is 2.90 bits per heavy atom. The standard InChI is InChI=1S/C15H19N5/c1-3-20-13-7-5-4-6-11(13)19-14(20)10-12(16-2)15-17-8-9-18-15/h4-9,12,16H,3,10H2,1-2H3,(H,17,18). The monoisotopic (exact) mass is 269 g/mol. The van der Waals surface area contributed by atoms with Crippen LogP contribution in [0.25, 0.3) is 11.0 Å². The van der Waals surface area contributed by atoms with Gasteiger partial charge in [0.2, 0.25) is 0 Å². The van der Waals surface area contributed by atoms with Crippen LogP contribution in [-0.4, -0.2) is 26.6 Å². The smallest absolute Gasteiger partial charge is 0.123 e. The predicted octanol–water partition coefficient (Wildman–Crippen LogP) is 2.28. The summed E-state index contributed by atoms with van der Waals surface area (Å²) in [6.07, 6.45) is 4.44. The molecule has 2 aromatic heterocycles.